The standard InChI is InChI=1S/C20H26N2O4S2/c1-15-12-17(26-2)6-7-19(15)21-20(23)8-5-16-4-3-10-22(13-16)28(24,25)18-9-11-27-14-18/h6-7,9,11-12,14,16H,3-5,8,10,13H2,1-2H3,(H,21,23)/t16-/m1/s1. The van der Waals surface area contributed by atoms with Crippen LogP contribution in [0.2, 0.25) is 0 Å². The highest BCUT2D eigenvalue weighted by Gasteiger charge is 2.30. The minimum atomic E-state index is -3.42. The number of carbonyl (C=O) groups is 1. The highest BCUT2D eigenvalue weighted by Crippen LogP contribution is 2.27. The number of rotatable bonds is 7. The summed E-state index contributed by atoms with van der Waals surface area (Å²) >= 11 is 1.38. The third kappa shape index (κ3) is 4.92. The molecule has 3 rings (SSSR count). The van der Waals surface area contributed by atoms with E-state index in [1.807, 2.05) is 25.1 Å². The van der Waals surface area contributed by atoms with Crippen LogP contribution < -0.4 is 10.1 Å². The number of anilines is 1. The molecular weight excluding hydrogens is 396 g/mol. The maximum atomic E-state index is 12.7. The largest absolute Gasteiger partial charge is 0.497 e. The van der Waals surface area contributed by atoms with Crippen LogP contribution in [-0.4, -0.2) is 38.8 Å². The summed E-state index contributed by atoms with van der Waals surface area (Å²) in [5, 5.41) is 6.39. The number of hydrogen-bond acceptors (Lipinski definition) is 5. The minimum absolute atomic E-state index is 0.0499. The fourth-order valence-corrected chi connectivity index (χ4v) is 6.05. The van der Waals surface area contributed by atoms with Crippen molar-refractivity contribution in [2.24, 2.45) is 5.92 Å². The van der Waals surface area contributed by atoms with Gasteiger partial charge in [0.1, 0.15) is 5.75 Å². The van der Waals surface area contributed by atoms with Gasteiger partial charge in [-0.3, -0.25) is 4.79 Å². The molecule has 1 saturated heterocycles. The molecule has 1 aromatic carbocycles. The Morgan fingerprint density at radius 2 is 2.18 bits per heavy atom. The molecule has 152 valence electrons. The zero-order valence-corrected chi connectivity index (χ0v) is 17.8. The molecule has 2 aromatic rings. The molecule has 0 saturated carbocycles. The number of nitrogens with one attached hydrogen (secondary N) is 1. The van der Waals surface area contributed by atoms with Gasteiger partial charge in [-0.2, -0.15) is 15.6 Å². The molecule has 1 aliphatic heterocycles. The predicted molar refractivity (Wildman–Crippen MR) is 111 cm³/mol. The molecule has 6 nitrogen and oxygen atoms in total. The van der Waals surface area contributed by atoms with Crippen molar-refractivity contribution in [2.45, 2.75) is 37.5 Å². The third-order valence-electron chi connectivity index (χ3n) is 5.10. The quantitative estimate of drug-likeness (QED) is 0.735. The van der Waals surface area contributed by atoms with Crippen LogP contribution in [-0.2, 0) is 14.8 Å². The van der Waals surface area contributed by atoms with E-state index in [-0.39, 0.29) is 11.8 Å². The molecule has 8 heteroatoms. The smallest absolute Gasteiger partial charge is 0.243 e. The molecule has 0 aliphatic carbocycles. The van der Waals surface area contributed by atoms with E-state index < -0.39 is 10.0 Å². The lowest BCUT2D eigenvalue weighted by Gasteiger charge is -2.31. The molecule has 1 amide bonds. The lowest BCUT2D eigenvalue weighted by atomic mass is 9.94. The number of nitrogens with zero attached hydrogens (tertiary/aromatic N) is 1. The first-order valence-electron chi connectivity index (χ1n) is 9.37. The maximum absolute atomic E-state index is 12.7. The number of ether oxygens (including phenoxy) is 1. The van der Waals surface area contributed by atoms with Crippen molar-refractivity contribution < 1.29 is 17.9 Å². The first-order chi connectivity index (χ1) is 13.4. The molecule has 1 aromatic heterocycles. The van der Waals surface area contributed by atoms with Crippen molar-refractivity contribution in [3.63, 3.8) is 0 Å². The van der Waals surface area contributed by atoms with Crippen LogP contribution in [0.3, 0.4) is 0 Å². The minimum Gasteiger partial charge on any atom is -0.497 e. The van der Waals surface area contributed by atoms with Gasteiger partial charge in [-0.15, -0.1) is 0 Å². The van der Waals surface area contributed by atoms with Gasteiger partial charge in [0.15, 0.2) is 0 Å². The Labute approximate surface area is 170 Å². The normalized spacial score (nSPS) is 18.0. The number of methoxy groups -OCH3 is 1. The van der Waals surface area contributed by atoms with Crippen molar-refractivity contribution in [1.29, 1.82) is 0 Å². The predicted octanol–water partition coefficient (Wildman–Crippen LogP) is 3.88. The summed E-state index contributed by atoms with van der Waals surface area (Å²) in [4.78, 5) is 12.7. The number of sulfonamides is 1. The van der Waals surface area contributed by atoms with Crippen LogP contribution >= 0.6 is 11.3 Å². The number of carbonyl (C=O) groups excluding carboxylic acids is 1. The van der Waals surface area contributed by atoms with E-state index in [1.165, 1.54) is 11.3 Å². The Hall–Kier alpha value is -1.90. The van der Waals surface area contributed by atoms with E-state index in [9.17, 15) is 13.2 Å². The van der Waals surface area contributed by atoms with Gasteiger partial charge >= 0.3 is 0 Å². The van der Waals surface area contributed by atoms with Crippen molar-refractivity contribution >= 4 is 33.0 Å². The van der Waals surface area contributed by atoms with Crippen LogP contribution in [0.1, 0.15) is 31.2 Å². The molecule has 1 N–H and O–H groups in total. The second-order valence-corrected chi connectivity index (χ2v) is 9.82. The second kappa shape index (κ2) is 9.07. The van der Waals surface area contributed by atoms with Gasteiger partial charge in [0.2, 0.25) is 15.9 Å². The fourth-order valence-electron chi connectivity index (χ4n) is 3.48. The number of thiophene rings is 1. The second-order valence-electron chi connectivity index (χ2n) is 7.10. The maximum Gasteiger partial charge on any atom is 0.243 e. The van der Waals surface area contributed by atoms with E-state index in [0.29, 0.717) is 30.8 Å². The third-order valence-corrected chi connectivity index (χ3v) is 7.80. The van der Waals surface area contributed by atoms with E-state index in [2.05, 4.69) is 5.32 Å². The Kier molecular flexibility index (Phi) is 6.74. The number of amides is 1. The molecule has 1 aliphatic rings. The molecule has 0 bridgehead atoms. The van der Waals surface area contributed by atoms with Crippen LogP contribution in [0, 0.1) is 12.8 Å². The van der Waals surface area contributed by atoms with Crippen molar-refractivity contribution in [3.8, 4) is 5.75 Å². The highest BCUT2D eigenvalue weighted by molar-refractivity contribution is 7.89. The van der Waals surface area contributed by atoms with E-state index in [0.717, 1.165) is 29.8 Å². The van der Waals surface area contributed by atoms with Gasteiger partial charge in [-0.05, 0) is 67.3 Å². The zero-order valence-electron chi connectivity index (χ0n) is 16.2. The van der Waals surface area contributed by atoms with Gasteiger partial charge in [0.05, 0.1) is 12.0 Å². The Morgan fingerprint density at radius 1 is 1.36 bits per heavy atom. The summed E-state index contributed by atoms with van der Waals surface area (Å²) in [5.74, 6) is 0.903. The zero-order chi connectivity index (χ0) is 20.1. The van der Waals surface area contributed by atoms with Crippen molar-refractivity contribution in [1.82, 2.24) is 4.31 Å². The Balaban J connectivity index is 1.54. The number of aryl methyl sites for hydroxylation is 1. The van der Waals surface area contributed by atoms with Gasteiger partial charge < -0.3 is 10.1 Å². The highest BCUT2D eigenvalue weighted by atomic mass is 32.2. The number of hydrogen-bond donors (Lipinski definition) is 1. The SMILES string of the molecule is COc1ccc(NC(=O)CC[C@H]2CCCN(S(=O)(=O)c3ccsc3)C2)c(C)c1. The Bertz CT molecular complexity index is 910. The Morgan fingerprint density at radius 3 is 2.86 bits per heavy atom. The van der Waals surface area contributed by atoms with E-state index >= 15 is 0 Å². The molecular formula is C20H26N2O4S2. The van der Waals surface area contributed by atoms with Crippen LogP contribution in [0.25, 0.3) is 0 Å². The lowest BCUT2D eigenvalue weighted by Crippen LogP contribution is -2.39. The molecule has 0 spiro atoms. The van der Waals surface area contributed by atoms with Gasteiger partial charge in [-0.25, -0.2) is 8.42 Å². The fraction of sp³-hybridized carbons (Fsp3) is 0.450. The summed E-state index contributed by atoms with van der Waals surface area (Å²) in [5.41, 5.74) is 1.72. The molecule has 2 heterocycles. The van der Waals surface area contributed by atoms with Gasteiger partial charge in [-0.1, -0.05) is 0 Å². The van der Waals surface area contributed by atoms with E-state index in [1.54, 1.807) is 28.2 Å². The number of piperidine rings is 1. The summed E-state index contributed by atoms with van der Waals surface area (Å²) in [6.45, 7) is 2.95. The average molecular weight is 423 g/mol. The van der Waals surface area contributed by atoms with Crippen LogP contribution in [0.4, 0.5) is 5.69 Å². The first kappa shape index (κ1) is 20.8. The van der Waals surface area contributed by atoms with Gasteiger partial charge in [0.25, 0.3) is 0 Å². The van der Waals surface area contributed by atoms with Gasteiger partial charge in [0, 0.05) is 30.6 Å². The molecule has 28 heavy (non-hydrogen) atoms. The molecule has 0 radical (unpaired) electrons. The lowest BCUT2D eigenvalue weighted by molar-refractivity contribution is -0.116. The summed E-state index contributed by atoms with van der Waals surface area (Å²) in [6, 6.07) is 7.18. The van der Waals surface area contributed by atoms with Crippen LogP contribution in [0.5, 0.6) is 5.75 Å². The molecule has 1 atom stereocenters. The van der Waals surface area contributed by atoms with E-state index in [4.69, 9.17) is 4.74 Å². The number of benzene rings is 1. The van der Waals surface area contributed by atoms with Crippen molar-refractivity contribution in [2.75, 3.05) is 25.5 Å². The first-order valence-corrected chi connectivity index (χ1v) is 11.8. The summed E-state index contributed by atoms with van der Waals surface area (Å²) < 4.78 is 32.2. The summed E-state index contributed by atoms with van der Waals surface area (Å²) in [7, 11) is -1.81. The molecule has 1 fully saturated rings. The monoisotopic (exact) mass is 422 g/mol. The van der Waals surface area contributed by atoms with Crippen molar-refractivity contribution in [3.05, 3.63) is 40.6 Å². The average Bonchev–Trinajstić information content (AvgIpc) is 3.24. The topological polar surface area (TPSA) is 75.7 Å². The molecule has 0 unspecified atom stereocenters. The summed E-state index contributed by atoms with van der Waals surface area (Å²) in [6.07, 6.45) is 2.83. The van der Waals surface area contributed by atoms with Crippen LogP contribution in [0.15, 0.2) is 39.9 Å².